The summed E-state index contributed by atoms with van der Waals surface area (Å²) in [5.74, 6) is -0.228. The summed E-state index contributed by atoms with van der Waals surface area (Å²) in [6, 6.07) is 33.0. The van der Waals surface area contributed by atoms with Crippen LogP contribution in [-0.4, -0.2) is 31.3 Å². The first-order chi connectivity index (χ1) is 19.5. The largest absolute Gasteiger partial charge is 0.274 e. The number of benzene rings is 4. The number of hydrogen-bond acceptors (Lipinski definition) is 5. The predicted octanol–water partition coefficient (Wildman–Crippen LogP) is 6.75. The van der Waals surface area contributed by atoms with Gasteiger partial charge in [-0.3, -0.25) is 14.9 Å². The highest BCUT2D eigenvalue weighted by molar-refractivity contribution is 6.05. The lowest BCUT2D eigenvalue weighted by Gasteiger charge is -2.22. The van der Waals surface area contributed by atoms with Crippen LogP contribution in [0.4, 0.5) is 5.69 Å². The number of carbonyl (C=O) groups is 1. The molecule has 6 rings (SSSR count). The van der Waals surface area contributed by atoms with Gasteiger partial charge in [0.1, 0.15) is 0 Å². The second-order valence-corrected chi connectivity index (χ2v) is 9.67. The predicted molar refractivity (Wildman–Crippen MR) is 153 cm³/mol. The molecule has 0 N–H and O–H groups in total. The maximum Gasteiger partial charge on any atom is 0.274 e. The number of hydrogen-bond donors (Lipinski definition) is 0. The van der Waals surface area contributed by atoms with Crippen molar-refractivity contribution in [3.8, 4) is 16.9 Å². The summed E-state index contributed by atoms with van der Waals surface area (Å²) in [7, 11) is 0. The molecular weight excluding hydrogens is 502 g/mol. The minimum Gasteiger partial charge on any atom is -0.267 e. The van der Waals surface area contributed by atoms with Gasteiger partial charge in [-0.25, -0.2) is 9.69 Å². The topological polar surface area (TPSA) is 93.6 Å². The Hall–Kier alpha value is -5.37. The van der Waals surface area contributed by atoms with Crippen LogP contribution in [0.5, 0.6) is 0 Å². The fraction of sp³-hybridized carbons (Fsp3) is 0.0938. The van der Waals surface area contributed by atoms with E-state index in [-0.39, 0.29) is 11.6 Å². The first-order valence-electron chi connectivity index (χ1n) is 12.9. The molecule has 1 atom stereocenters. The van der Waals surface area contributed by atoms with Crippen molar-refractivity contribution in [1.82, 2.24) is 14.8 Å². The Morgan fingerprint density at radius 3 is 2.15 bits per heavy atom. The normalized spacial score (nSPS) is 14.7. The number of nitrogens with zero attached hydrogens (tertiary/aromatic N) is 5. The SMILES string of the molecule is Cc1ccc(C(=O)N2N=C(c3ccc([N+](=O)[O-])cc3)CC2c2cn(-c3ccccc3)nc2-c2ccccc2)cc1. The van der Waals surface area contributed by atoms with Crippen LogP contribution in [0.2, 0.25) is 0 Å². The highest BCUT2D eigenvalue weighted by Crippen LogP contribution is 2.39. The lowest BCUT2D eigenvalue weighted by Crippen LogP contribution is -2.27. The maximum atomic E-state index is 13.9. The number of nitro groups is 1. The van der Waals surface area contributed by atoms with Gasteiger partial charge in [0.15, 0.2) is 0 Å². The summed E-state index contributed by atoms with van der Waals surface area (Å²) in [5.41, 5.74) is 6.43. The summed E-state index contributed by atoms with van der Waals surface area (Å²) < 4.78 is 1.83. The maximum absolute atomic E-state index is 13.9. The molecule has 1 aliphatic rings. The van der Waals surface area contributed by atoms with E-state index in [0.29, 0.717) is 17.7 Å². The van der Waals surface area contributed by atoms with Crippen LogP contribution in [0.3, 0.4) is 0 Å². The van der Waals surface area contributed by atoms with E-state index >= 15 is 0 Å². The quantitative estimate of drug-likeness (QED) is 0.180. The van der Waals surface area contributed by atoms with Crippen LogP contribution in [0.1, 0.15) is 39.5 Å². The smallest absolute Gasteiger partial charge is 0.267 e. The number of non-ortho nitro benzene ring substituents is 1. The molecule has 0 radical (unpaired) electrons. The number of carbonyl (C=O) groups excluding carboxylic acids is 1. The summed E-state index contributed by atoms with van der Waals surface area (Å²) in [4.78, 5) is 24.7. The third-order valence-corrected chi connectivity index (χ3v) is 7.00. The van der Waals surface area contributed by atoms with E-state index in [0.717, 1.165) is 33.6 Å². The van der Waals surface area contributed by atoms with Crippen LogP contribution < -0.4 is 0 Å². The zero-order chi connectivity index (χ0) is 27.6. The van der Waals surface area contributed by atoms with E-state index in [1.54, 1.807) is 24.3 Å². The van der Waals surface area contributed by atoms with Crippen LogP contribution in [0, 0.1) is 17.0 Å². The van der Waals surface area contributed by atoms with Crippen molar-refractivity contribution in [1.29, 1.82) is 0 Å². The van der Waals surface area contributed by atoms with E-state index in [9.17, 15) is 14.9 Å². The van der Waals surface area contributed by atoms with Gasteiger partial charge in [0.2, 0.25) is 0 Å². The molecule has 1 aromatic heterocycles. The number of para-hydroxylation sites is 1. The summed E-state index contributed by atoms with van der Waals surface area (Å²) in [6.07, 6.45) is 2.39. The summed E-state index contributed by atoms with van der Waals surface area (Å²) in [5, 5.41) is 22.5. The van der Waals surface area contributed by atoms with Crippen molar-refractivity contribution in [3.63, 3.8) is 0 Å². The highest BCUT2D eigenvalue weighted by atomic mass is 16.6. The monoisotopic (exact) mass is 527 g/mol. The fourth-order valence-corrected chi connectivity index (χ4v) is 4.88. The summed E-state index contributed by atoms with van der Waals surface area (Å²) >= 11 is 0. The first-order valence-corrected chi connectivity index (χ1v) is 12.9. The van der Waals surface area contributed by atoms with Gasteiger partial charge in [-0.1, -0.05) is 66.2 Å². The molecule has 0 bridgehead atoms. The number of rotatable bonds is 6. The third kappa shape index (κ3) is 4.78. The molecule has 40 heavy (non-hydrogen) atoms. The van der Waals surface area contributed by atoms with Gasteiger partial charge >= 0.3 is 0 Å². The zero-order valence-electron chi connectivity index (χ0n) is 21.7. The first kappa shape index (κ1) is 24.9. The van der Waals surface area contributed by atoms with Gasteiger partial charge in [0.25, 0.3) is 11.6 Å². The molecule has 2 heterocycles. The molecule has 0 aliphatic carbocycles. The molecule has 196 valence electrons. The van der Waals surface area contributed by atoms with Crippen LogP contribution in [-0.2, 0) is 0 Å². The third-order valence-electron chi connectivity index (χ3n) is 7.00. The Morgan fingerprint density at radius 1 is 0.850 bits per heavy atom. The average molecular weight is 528 g/mol. The standard InChI is InChI=1S/C32H25N5O3/c1-22-12-14-25(15-13-22)32(38)36-30(20-29(33-36)23-16-18-27(19-17-23)37(39)40)28-21-35(26-10-6-3-7-11-26)34-31(28)24-8-4-2-5-9-24/h2-19,21,30H,20H2,1H3. The Kier molecular flexibility index (Phi) is 6.49. The Bertz CT molecular complexity index is 1710. The van der Waals surface area contributed by atoms with Gasteiger partial charge in [0.05, 0.1) is 28.1 Å². The minimum atomic E-state index is -0.438. The molecule has 1 amide bonds. The van der Waals surface area contributed by atoms with Crippen molar-refractivity contribution < 1.29 is 9.72 Å². The van der Waals surface area contributed by atoms with E-state index < -0.39 is 11.0 Å². The highest BCUT2D eigenvalue weighted by Gasteiger charge is 2.36. The van der Waals surface area contributed by atoms with Crippen LogP contribution in [0.15, 0.2) is 120 Å². The summed E-state index contributed by atoms with van der Waals surface area (Å²) in [6.45, 7) is 1.97. The van der Waals surface area contributed by atoms with E-state index in [1.807, 2.05) is 90.6 Å². The van der Waals surface area contributed by atoms with Crippen molar-refractivity contribution in [2.75, 3.05) is 0 Å². The molecule has 0 saturated carbocycles. The molecule has 1 unspecified atom stereocenters. The second kappa shape index (κ2) is 10.4. The molecule has 0 spiro atoms. The molecular formula is C32H25N5O3. The molecule has 0 saturated heterocycles. The molecule has 0 fully saturated rings. The number of aryl methyl sites for hydroxylation is 1. The Balaban J connectivity index is 1.47. The lowest BCUT2D eigenvalue weighted by molar-refractivity contribution is -0.384. The van der Waals surface area contributed by atoms with Crippen LogP contribution >= 0.6 is 0 Å². The van der Waals surface area contributed by atoms with Gasteiger partial charge in [0, 0.05) is 41.4 Å². The number of amides is 1. The molecule has 4 aromatic carbocycles. The average Bonchev–Trinajstić information content (AvgIpc) is 3.64. The van der Waals surface area contributed by atoms with Crippen molar-refractivity contribution in [2.24, 2.45) is 5.10 Å². The fourth-order valence-electron chi connectivity index (χ4n) is 4.88. The minimum absolute atomic E-state index is 0.00184. The molecule has 8 heteroatoms. The Morgan fingerprint density at radius 2 is 1.50 bits per heavy atom. The number of nitro benzene ring substituents is 1. The number of hydrazone groups is 1. The molecule has 1 aliphatic heterocycles. The van der Waals surface area contributed by atoms with Gasteiger partial charge < -0.3 is 0 Å². The van der Waals surface area contributed by atoms with Crippen molar-refractivity contribution in [3.05, 3.63) is 148 Å². The van der Waals surface area contributed by atoms with Crippen LogP contribution in [0.25, 0.3) is 16.9 Å². The van der Waals surface area contributed by atoms with Gasteiger partial charge in [-0.05, 0) is 48.9 Å². The molecule has 8 nitrogen and oxygen atoms in total. The van der Waals surface area contributed by atoms with Crippen molar-refractivity contribution in [2.45, 2.75) is 19.4 Å². The van der Waals surface area contributed by atoms with E-state index in [1.165, 1.54) is 17.1 Å². The molecule has 5 aromatic rings. The van der Waals surface area contributed by atoms with Gasteiger partial charge in [-0.15, -0.1) is 0 Å². The van der Waals surface area contributed by atoms with Gasteiger partial charge in [-0.2, -0.15) is 10.2 Å². The lowest BCUT2D eigenvalue weighted by atomic mass is 9.96. The zero-order valence-corrected chi connectivity index (χ0v) is 21.7. The Labute approximate surface area is 231 Å². The van der Waals surface area contributed by atoms with Crippen molar-refractivity contribution >= 4 is 17.3 Å². The van der Waals surface area contributed by atoms with E-state index in [4.69, 9.17) is 10.2 Å². The second-order valence-electron chi connectivity index (χ2n) is 9.67. The number of aromatic nitrogens is 2. The van der Waals surface area contributed by atoms with E-state index in [2.05, 4.69) is 0 Å².